The standard InChI is InChI=1S/C22H32N4O/c1-18(2)21(20-10-6-5-7-11-20)16-24-22(27)26(14-13-25(3)4)17-19-9-8-12-23-15-19/h5-12,15,18,21H,13-14,16-17H2,1-4H3,(H,24,27). The summed E-state index contributed by atoms with van der Waals surface area (Å²) in [6, 6.07) is 14.3. The van der Waals surface area contributed by atoms with Gasteiger partial charge in [-0.2, -0.15) is 0 Å². The molecule has 0 aliphatic carbocycles. The molecule has 5 nitrogen and oxygen atoms in total. The molecule has 1 unspecified atom stereocenters. The molecule has 1 N–H and O–H groups in total. The number of pyridine rings is 1. The predicted molar refractivity (Wildman–Crippen MR) is 111 cm³/mol. The number of rotatable bonds is 9. The second-order valence-corrected chi connectivity index (χ2v) is 7.53. The van der Waals surface area contributed by atoms with Gasteiger partial charge in [-0.3, -0.25) is 4.98 Å². The van der Waals surface area contributed by atoms with Crippen LogP contribution in [0.3, 0.4) is 0 Å². The maximum atomic E-state index is 12.9. The molecule has 2 amide bonds. The number of urea groups is 1. The summed E-state index contributed by atoms with van der Waals surface area (Å²) in [6.45, 7) is 7.08. The summed E-state index contributed by atoms with van der Waals surface area (Å²) in [6.07, 6.45) is 3.57. The SMILES string of the molecule is CC(C)C(CNC(=O)N(CCN(C)C)Cc1cccnc1)c1ccccc1. The Morgan fingerprint density at radius 2 is 1.81 bits per heavy atom. The third kappa shape index (κ3) is 7.02. The van der Waals surface area contributed by atoms with Crippen LogP contribution in [0.4, 0.5) is 4.79 Å². The first-order valence-electron chi connectivity index (χ1n) is 9.58. The molecule has 0 aliphatic heterocycles. The lowest BCUT2D eigenvalue weighted by atomic mass is 9.88. The van der Waals surface area contributed by atoms with Crippen LogP contribution in [0.2, 0.25) is 0 Å². The Kier molecular flexibility index (Phi) is 8.27. The normalized spacial score (nSPS) is 12.2. The molecule has 1 heterocycles. The van der Waals surface area contributed by atoms with E-state index in [1.54, 1.807) is 6.20 Å². The molecule has 1 aromatic heterocycles. The lowest BCUT2D eigenvalue weighted by molar-refractivity contribution is 0.187. The van der Waals surface area contributed by atoms with Crippen molar-refractivity contribution in [2.75, 3.05) is 33.7 Å². The maximum absolute atomic E-state index is 12.9. The Hall–Kier alpha value is -2.40. The van der Waals surface area contributed by atoms with Crippen LogP contribution in [0, 0.1) is 5.92 Å². The van der Waals surface area contributed by atoms with Crippen molar-refractivity contribution >= 4 is 6.03 Å². The van der Waals surface area contributed by atoms with Crippen molar-refractivity contribution in [2.24, 2.45) is 5.92 Å². The number of amides is 2. The van der Waals surface area contributed by atoms with Crippen molar-refractivity contribution in [3.8, 4) is 0 Å². The zero-order chi connectivity index (χ0) is 19.6. The van der Waals surface area contributed by atoms with Crippen LogP contribution in [0.1, 0.15) is 30.9 Å². The zero-order valence-corrected chi connectivity index (χ0v) is 16.9. The van der Waals surface area contributed by atoms with Gasteiger partial charge in [0.25, 0.3) is 0 Å². The second kappa shape index (κ2) is 10.7. The van der Waals surface area contributed by atoms with Crippen molar-refractivity contribution in [1.29, 1.82) is 0 Å². The van der Waals surface area contributed by atoms with Gasteiger partial charge in [-0.15, -0.1) is 0 Å². The van der Waals surface area contributed by atoms with Gasteiger partial charge in [-0.05, 0) is 37.2 Å². The van der Waals surface area contributed by atoms with Crippen molar-refractivity contribution in [3.05, 3.63) is 66.0 Å². The molecule has 0 saturated heterocycles. The number of likely N-dealkylation sites (N-methyl/N-ethyl adjacent to an activating group) is 1. The van der Waals surface area contributed by atoms with Crippen molar-refractivity contribution in [3.63, 3.8) is 0 Å². The molecule has 1 atom stereocenters. The van der Waals surface area contributed by atoms with Gasteiger partial charge in [0, 0.05) is 44.5 Å². The summed E-state index contributed by atoms with van der Waals surface area (Å²) in [7, 11) is 4.04. The first-order chi connectivity index (χ1) is 13.0. The number of aromatic nitrogens is 1. The van der Waals surface area contributed by atoms with E-state index in [9.17, 15) is 4.79 Å². The molecule has 1 aromatic carbocycles. The molecule has 0 spiro atoms. The lowest BCUT2D eigenvalue weighted by Crippen LogP contribution is -2.44. The minimum Gasteiger partial charge on any atom is -0.337 e. The van der Waals surface area contributed by atoms with Crippen LogP contribution in [-0.4, -0.2) is 54.5 Å². The Morgan fingerprint density at radius 1 is 1.07 bits per heavy atom. The van der Waals surface area contributed by atoms with Crippen LogP contribution in [0.15, 0.2) is 54.9 Å². The first kappa shape index (κ1) is 20.9. The fraction of sp³-hybridized carbons (Fsp3) is 0.455. The van der Waals surface area contributed by atoms with Gasteiger partial charge in [0.05, 0.1) is 0 Å². The van der Waals surface area contributed by atoms with E-state index in [2.05, 4.69) is 53.3 Å². The minimum absolute atomic E-state index is 0.0257. The van der Waals surface area contributed by atoms with E-state index in [1.807, 2.05) is 43.4 Å². The lowest BCUT2D eigenvalue weighted by Gasteiger charge is -2.27. The fourth-order valence-corrected chi connectivity index (χ4v) is 3.03. The van der Waals surface area contributed by atoms with Gasteiger partial charge in [0.15, 0.2) is 0 Å². The van der Waals surface area contributed by atoms with E-state index in [0.717, 1.165) is 12.1 Å². The van der Waals surface area contributed by atoms with E-state index < -0.39 is 0 Å². The summed E-state index contributed by atoms with van der Waals surface area (Å²) < 4.78 is 0. The largest absolute Gasteiger partial charge is 0.337 e. The quantitative estimate of drug-likeness (QED) is 0.736. The zero-order valence-electron chi connectivity index (χ0n) is 16.9. The monoisotopic (exact) mass is 368 g/mol. The number of carbonyl (C=O) groups excluding carboxylic acids is 1. The highest BCUT2D eigenvalue weighted by Crippen LogP contribution is 2.23. The van der Waals surface area contributed by atoms with Gasteiger partial charge in [-0.25, -0.2) is 4.79 Å². The van der Waals surface area contributed by atoms with Crippen LogP contribution < -0.4 is 5.32 Å². The van der Waals surface area contributed by atoms with E-state index in [0.29, 0.717) is 31.5 Å². The highest BCUT2D eigenvalue weighted by molar-refractivity contribution is 5.74. The first-order valence-corrected chi connectivity index (χ1v) is 9.58. The van der Waals surface area contributed by atoms with Gasteiger partial charge >= 0.3 is 6.03 Å². The predicted octanol–water partition coefficient (Wildman–Crippen LogP) is 3.59. The summed E-state index contributed by atoms with van der Waals surface area (Å²) in [4.78, 5) is 21.0. The third-order valence-corrected chi connectivity index (χ3v) is 4.71. The molecule has 0 fully saturated rings. The maximum Gasteiger partial charge on any atom is 0.317 e. The Morgan fingerprint density at radius 3 is 2.41 bits per heavy atom. The minimum atomic E-state index is -0.0257. The smallest absolute Gasteiger partial charge is 0.317 e. The van der Waals surface area contributed by atoms with Crippen LogP contribution in [0.25, 0.3) is 0 Å². The molecule has 0 aliphatic rings. The van der Waals surface area contributed by atoms with Gasteiger partial charge < -0.3 is 15.1 Å². The summed E-state index contributed by atoms with van der Waals surface area (Å²) >= 11 is 0. The molecular formula is C22H32N4O. The highest BCUT2D eigenvalue weighted by Gasteiger charge is 2.19. The average molecular weight is 369 g/mol. The topological polar surface area (TPSA) is 48.5 Å². The Balaban J connectivity index is 2.02. The van der Waals surface area contributed by atoms with Crippen LogP contribution >= 0.6 is 0 Å². The summed E-state index contributed by atoms with van der Waals surface area (Å²) in [5.74, 6) is 0.741. The molecule has 27 heavy (non-hydrogen) atoms. The number of carbonyl (C=O) groups is 1. The van der Waals surface area contributed by atoms with E-state index in [-0.39, 0.29) is 6.03 Å². The number of benzene rings is 1. The molecule has 0 bridgehead atoms. The number of nitrogens with one attached hydrogen (secondary N) is 1. The second-order valence-electron chi connectivity index (χ2n) is 7.53. The van der Waals surface area contributed by atoms with E-state index in [1.165, 1.54) is 5.56 Å². The molecule has 5 heteroatoms. The van der Waals surface area contributed by atoms with Crippen molar-refractivity contribution < 1.29 is 4.79 Å². The third-order valence-electron chi connectivity index (χ3n) is 4.71. The molecule has 0 radical (unpaired) electrons. The highest BCUT2D eigenvalue weighted by atomic mass is 16.2. The van der Waals surface area contributed by atoms with E-state index >= 15 is 0 Å². The Labute approximate surface area is 163 Å². The molecule has 2 rings (SSSR count). The summed E-state index contributed by atoms with van der Waals surface area (Å²) in [5, 5.41) is 3.15. The number of hydrogen-bond acceptors (Lipinski definition) is 3. The van der Waals surface area contributed by atoms with E-state index in [4.69, 9.17) is 0 Å². The fourth-order valence-electron chi connectivity index (χ4n) is 3.03. The van der Waals surface area contributed by atoms with Crippen molar-refractivity contribution in [1.82, 2.24) is 20.1 Å². The average Bonchev–Trinajstić information content (AvgIpc) is 2.66. The van der Waals surface area contributed by atoms with Crippen LogP contribution in [-0.2, 0) is 6.54 Å². The van der Waals surface area contributed by atoms with Gasteiger partial charge in [0.2, 0.25) is 0 Å². The molecule has 2 aromatic rings. The van der Waals surface area contributed by atoms with Gasteiger partial charge in [0.1, 0.15) is 0 Å². The van der Waals surface area contributed by atoms with Crippen LogP contribution in [0.5, 0.6) is 0 Å². The number of hydrogen-bond donors (Lipinski definition) is 1. The molecule has 0 saturated carbocycles. The number of nitrogens with zero attached hydrogens (tertiary/aromatic N) is 3. The molecular weight excluding hydrogens is 336 g/mol. The Bertz CT molecular complexity index is 673. The van der Waals surface area contributed by atoms with Gasteiger partial charge in [-0.1, -0.05) is 50.2 Å². The molecule has 146 valence electrons. The van der Waals surface area contributed by atoms with Crippen molar-refractivity contribution in [2.45, 2.75) is 26.3 Å². The summed E-state index contributed by atoms with van der Waals surface area (Å²) in [5.41, 5.74) is 2.30.